The summed E-state index contributed by atoms with van der Waals surface area (Å²) in [6.07, 6.45) is 0.184. The number of hydrogen-bond donors (Lipinski definition) is 2. The maximum Gasteiger partial charge on any atom is 0.341 e. The van der Waals surface area contributed by atoms with Gasteiger partial charge in [-0.2, -0.15) is 0 Å². The van der Waals surface area contributed by atoms with Crippen LogP contribution >= 0.6 is 11.3 Å². The molecule has 0 radical (unpaired) electrons. The van der Waals surface area contributed by atoms with Crippen molar-refractivity contribution >= 4 is 28.2 Å². The van der Waals surface area contributed by atoms with Crippen molar-refractivity contribution in [3.05, 3.63) is 16.0 Å². The Morgan fingerprint density at radius 1 is 1.37 bits per heavy atom. The number of carbonyl (C=O) groups excluding carboxylic acids is 2. The average Bonchev–Trinajstić information content (AvgIpc) is 2.51. The van der Waals surface area contributed by atoms with Gasteiger partial charge in [0.15, 0.2) is 0 Å². The number of amides is 1. The van der Waals surface area contributed by atoms with Crippen molar-refractivity contribution in [2.24, 2.45) is 5.73 Å². The Kier molecular flexibility index (Phi) is 4.70. The Morgan fingerprint density at radius 2 is 1.95 bits per heavy atom. The number of hydrogen-bond acceptors (Lipinski definition) is 5. The van der Waals surface area contributed by atoms with Gasteiger partial charge in [-0.1, -0.05) is 0 Å². The molecule has 0 atom stereocenters. The summed E-state index contributed by atoms with van der Waals surface area (Å²) in [7, 11) is 1.32. The maximum absolute atomic E-state index is 11.9. The van der Waals surface area contributed by atoms with Gasteiger partial charge in [0, 0.05) is 16.8 Å². The van der Waals surface area contributed by atoms with E-state index in [1.54, 1.807) is 13.8 Å². The van der Waals surface area contributed by atoms with Crippen LogP contribution in [0.4, 0.5) is 5.00 Å². The Labute approximate surface area is 117 Å². The monoisotopic (exact) mass is 284 g/mol. The van der Waals surface area contributed by atoms with E-state index in [-0.39, 0.29) is 12.3 Å². The predicted molar refractivity (Wildman–Crippen MR) is 76.6 cm³/mol. The molecule has 0 spiro atoms. The number of aryl methyl sites for hydroxylation is 1. The summed E-state index contributed by atoms with van der Waals surface area (Å²) in [5.41, 5.74) is 6.47. The minimum absolute atomic E-state index is 0.184. The number of nitrogens with one attached hydrogen (secondary N) is 1. The van der Waals surface area contributed by atoms with Gasteiger partial charge in [0.2, 0.25) is 5.91 Å². The van der Waals surface area contributed by atoms with Crippen molar-refractivity contribution in [1.29, 1.82) is 0 Å². The number of nitrogens with two attached hydrogens (primary N) is 1. The van der Waals surface area contributed by atoms with Crippen molar-refractivity contribution in [2.75, 3.05) is 12.4 Å². The van der Waals surface area contributed by atoms with Crippen LogP contribution in [0.3, 0.4) is 0 Å². The van der Waals surface area contributed by atoms with Crippen LogP contribution in [0.25, 0.3) is 0 Å². The minimum Gasteiger partial charge on any atom is -0.465 e. The molecular formula is C13H20N2O3S. The van der Waals surface area contributed by atoms with Gasteiger partial charge in [-0.15, -0.1) is 11.3 Å². The van der Waals surface area contributed by atoms with E-state index in [0.29, 0.717) is 10.6 Å². The molecule has 0 bridgehead atoms. The summed E-state index contributed by atoms with van der Waals surface area (Å²) in [4.78, 5) is 24.6. The average molecular weight is 284 g/mol. The fourth-order valence-corrected chi connectivity index (χ4v) is 2.71. The SMILES string of the molecule is COC(=O)c1c(NC(=O)CC(C)(C)N)sc(C)c1C. The third-order valence-electron chi connectivity index (χ3n) is 2.64. The quantitative estimate of drug-likeness (QED) is 0.831. The van der Waals surface area contributed by atoms with Crippen molar-refractivity contribution in [3.63, 3.8) is 0 Å². The molecule has 0 aliphatic heterocycles. The topological polar surface area (TPSA) is 81.4 Å². The molecule has 0 saturated carbocycles. The van der Waals surface area contributed by atoms with Crippen LogP contribution in [-0.2, 0) is 9.53 Å². The molecule has 0 aliphatic rings. The van der Waals surface area contributed by atoms with E-state index >= 15 is 0 Å². The number of carbonyl (C=O) groups is 2. The van der Waals surface area contributed by atoms with Gasteiger partial charge in [0.1, 0.15) is 5.00 Å². The van der Waals surface area contributed by atoms with E-state index in [0.717, 1.165) is 10.4 Å². The minimum atomic E-state index is -0.586. The number of esters is 1. The van der Waals surface area contributed by atoms with E-state index < -0.39 is 11.5 Å². The lowest BCUT2D eigenvalue weighted by atomic mass is 10.0. The molecule has 1 aromatic heterocycles. The lowest BCUT2D eigenvalue weighted by Crippen LogP contribution is -2.36. The lowest BCUT2D eigenvalue weighted by Gasteiger charge is -2.17. The molecule has 19 heavy (non-hydrogen) atoms. The van der Waals surface area contributed by atoms with Crippen LogP contribution in [0.1, 0.15) is 41.1 Å². The van der Waals surface area contributed by atoms with E-state index in [2.05, 4.69) is 5.32 Å². The molecule has 0 saturated heterocycles. The zero-order valence-electron chi connectivity index (χ0n) is 11.9. The number of ether oxygens (including phenoxy) is 1. The number of anilines is 1. The van der Waals surface area contributed by atoms with Crippen LogP contribution in [0, 0.1) is 13.8 Å². The highest BCUT2D eigenvalue weighted by atomic mass is 32.1. The summed E-state index contributed by atoms with van der Waals surface area (Å²) in [6, 6.07) is 0. The zero-order chi connectivity index (χ0) is 14.8. The first kappa shape index (κ1) is 15.7. The normalized spacial score (nSPS) is 11.3. The second-order valence-electron chi connectivity index (χ2n) is 5.19. The Hall–Kier alpha value is -1.40. The van der Waals surface area contributed by atoms with Crippen molar-refractivity contribution < 1.29 is 14.3 Å². The van der Waals surface area contributed by atoms with E-state index in [4.69, 9.17) is 10.5 Å². The Bertz CT molecular complexity index is 501. The maximum atomic E-state index is 11.9. The van der Waals surface area contributed by atoms with Crippen LogP contribution in [-0.4, -0.2) is 24.5 Å². The second kappa shape index (κ2) is 5.71. The molecule has 106 valence electrons. The third-order valence-corrected chi connectivity index (χ3v) is 3.77. The first-order chi connectivity index (χ1) is 8.65. The lowest BCUT2D eigenvalue weighted by molar-refractivity contribution is -0.117. The fourth-order valence-electron chi connectivity index (χ4n) is 1.65. The third kappa shape index (κ3) is 4.04. The molecule has 1 heterocycles. The van der Waals surface area contributed by atoms with Gasteiger partial charge in [0.25, 0.3) is 0 Å². The van der Waals surface area contributed by atoms with Gasteiger partial charge >= 0.3 is 5.97 Å². The molecule has 0 aliphatic carbocycles. The molecule has 0 fully saturated rings. The number of methoxy groups -OCH3 is 1. The smallest absolute Gasteiger partial charge is 0.341 e. The summed E-state index contributed by atoms with van der Waals surface area (Å²) in [5.74, 6) is -0.650. The predicted octanol–water partition coefficient (Wildman–Crippen LogP) is 2.22. The van der Waals surface area contributed by atoms with E-state index in [9.17, 15) is 9.59 Å². The molecule has 1 aromatic rings. The van der Waals surface area contributed by atoms with Crippen molar-refractivity contribution in [2.45, 2.75) is 39.7 Å². The summed E-state index contributed by atoms with van der Waals surface area (Å²) in [6.45, 7) is 7.28. The number of rotatable bonds is 4. The fraction of sp³-hybridized carbons (Fsp3) is 0.538. The van der Waals surface area contributed by atoms with Gasteiger partial charge in [-0.25, -0.2) is 4.79 Å². The largest absolute Gasteiger partial charge is 0.465 e. The molecule has 1 rings (SSSR count). The summed E-state index contributed by atoms with van der Waals surface area (Å²) in [5, 5.41) is 3.27. The highest BCUT2D eigenvalue weighted by molar-refractivity contribution is 7.16. The summed E-state index contributed by atoms with van der Waals surface area (Å²) < 4.78 is 4.75. The van der Waals surface area contributed by atoms with Crippen LogP contribution in [0.5, 0.6) is 0 Å². The van der Waals surface area contributed by atoms with Crippen molar-refractivity contribution in [1.82, 2.24) is 0 Å². The zero-order valence-corrected chi connectivity index (χ0v) is 12.7. The molecule has 1 amide bonds. The Morgan fingerprint density at radius 3 is 2.42 bits per heavy atom. The molecule has 3 N–H and O–H groups in total. The second-order valence-corrected chi connectivity index (χ2v) is 6.42. The van der Waals surface area contributed by atoms with Gasteiger partial charge in [-0.3, -0.25) is 4.79 Å². The first-order valence-electron chi connectivity index (χ1n) is 5.92. The van der Waals surface area contributed by atoms with Crippen LogP contribution < -0.4 is 11.1 Å². The number of thiophene rings is 1. The molecule has 0 unspecified atom stereocenters. The molecule has 5 nitrogen and oxygen atoms in total. The first-order valence-corrected chi connectivity index (χ1v) is 6.74. The van der Waals surface area contributed by atoms with Gasteiger partial charge < -0.3 is 15.8 Å². The highest BCUT2D eigenvalue weighted by Gasteiger charge is 2.23. The molecule has 0 aromatic carbocycles. The van der Waals surface area contributed by atoms with Crippen LogP contribution in [0.15, 0.2) is 0 Å². The van der Waals surface area contributed by atoms with Crippen LogP contribution in [0.2, 0.25) is 0 Å². The highest BCUT2D eigenvalue weighted by Crippen LogP contribution is 2.33. The van der Waals surface area contributed by atoms with Gasteiger partial charge in [0.05, 0.1) is 12.7 Å². The summed E-state index contributed by atoms with van der Waals surface area (Å²) >= 11 is 1.37. The van der Waals surface area contributed by atoms with E-state index in [1.807, 2.05) is 13.8 Å². The van der Waals surface area contributed by atoms with Crippen molar-refractivity contribution in [3.8, 4) is 0 Å². The molecular weight excluding hydrogens is 264 g/mol. The Balaban J connectivity index is 2.99. The standard InChI is InChI=1S/C13H20N2O3S/c1-7-8(2)19-11(10(7)12(17)18-5)15-9(16)6-13(3,4)14/h6,14H2,1-5H3,(H,15,16). The van der Waals surface area contributed by atoms with E-state index in [1.165, 1.54) is 18.4 Å². The molecule has 6 heteroatoms. The van der Waals surface area contributed by atoms with Gasteiger partial charge in [-0.05, 0) is 33.3 Å².